The van der Waals surface area contributed by atoms with Crippen LogP contribution in [0, 0.1) is 0 Å². The summed E-state index contributed by atoms with van der Waals surface area (Å²) in [5, 5.41) is 11.5. The Kier molecular flexibility index (Phi) is 6.86. The van der Waals surface area contributed by atoms with E-state index in [0.717, 1.165) is 4.88 Å². The van der Waals surface area contributed by atoms with Gasteiger partial charge in [0, 0.05) is 11.9 Å². The average molecular weight is 374 g/mol. The Bertz CT molecular complexity index is 801. The van der Waals surface area contributed by atoms with Crippen LogP contribution in [0.5, 0.6) is 0 Å². The SMILES string of the molecule is COC(=O)/C(=N/Nc1ccc(C(=O)OC)cc1)N(C)/N=C/c1cccs1. The highest BCUT2D eigenvalue weighted by atomic mass is 32.1. The number of amidine groups is 1. The van der Waals surface area contributed by atoms with E-state index in [1.807, 2.05) is 17.5 Å². The number of rotatable bonds is 5. The zero-order chi connectivity index (χ0) is 18.9. The molecule has 0 unspecified atom stereocenters. The number of nitrogens with one attached hydrogen (secondary N) is 1. The zero-order valence-corrected chi connectivity index (χ0v) is 15.3. The molecule has 0 saturated heterocycles. The molecule has 1 aromatic heterocycles. The Morgan fingerprint density at radius 1 is 1.15 bits per heavy atom. The van der Waals surface area contributed by atoms with Crippen LogP contribution in [0.3, 0.4) is 0 Å². The second-order valence-corrected chi connectivity index (χ2v) is 5.87. The van der Waals surface area contributed by atoms with Crippen molar-refractivity contribution in [1.82, 2.24) is 5.01 Å². The molecule has 0 aliphatic carbocycles. The third-order valence-corrected chi connectivity index (χ3v) is 3.98. The van der Waals surface area contributed by atoms with E-state index < -0.39 is 11.9 Å². The van der Waals surface area contributed by atoms with Gasteiger partial charge in [0.25, 0.3) is 5.84 Å². The predicted molar refractivity (Wildman–Crippen MR) is 101 cm³/mol. The maximum absolute atomic E-state index is 12.0. The van der Waals surface area contributed by atoms with Gasteiger partial charge in [-0.25, -0.2) is 14.6 Å². The summed E-state index contributed by atoms with van der Waals surface area (Å²) in [5.74, 6) is -1.11. The van der Waals surface area contributed by atoms with Crippen LogP contribution in [0.1, 0.15) is 15.2 Å². The number of hydrogen-bond donors (Lipinski definition) is 1. The third-order valence-electron chi connectivity index (χ3n) is 3.17. The lowest BCUT2D eigenvalue weighted by Gasteiger charge is -2.13. The number of hydrazone groups is 2. The van der Waals surface area contributed by atoms with Gasteiger partial charge in [-0.1, -0.05) is 6.07 Å². The first-order chi connectivity index (χ1) is 12.5. The van der Waals surface area contributed by atoms with Crippen molar-refractivity contribution in [3.63, 3.8) is 0 Å². The normalized spacial score (nSPS) is 11.3. The zero-order valence-electron chi connectivity index (χ0n) is 14.5. The fourth-order valence-electron chi connectivity index (χ4n) is 1.82. The first kappa shape index (κ1) is 19.1. The van der Waals surface area contributed by atoms with Gasteiger partial charge in [0.1, 0.15) is 0 Å². The van der Waals surface area contributed by atoms with E-state index in [0.29, 0.717) is 11.3 Å². The van der Waals surface area contributed by atoms with Crippen molar-refractivity contribution in [3.8, 4) is 0 Å². The minimum Gasteiger partial charge on any atom is -0.465 e. The highest BCUT2D eigenvalue weighted by Crippen LogP contribution is 2.11. The van der Waals surface area contributed by atoms with Crippen molar-refractivity contribution in [2.75, 3.05) is 26.7 Å². The minimum absolute atomic E-state index is 0.0302. The maximum Gasteiger partial charge on any atom is 0.377 e. The Morgan fingerprint density at radius 3 is 2.46 bits per heavy atom. The first-order valence-corrected chi connectivity index (χ1v) is 8.34. The van der Waals surface area contributed by atoms with Gasteiger partial charge >= 0.3 is 11.9 Å². The molecule has 26 heavy (non-hydrogen) atoms. The Hall–Kier alpha value is -3.20. The Morgan fingerprint density at radius 2 is 1.88 bits per heavy atom. The summed E-state index contributed by atoms with van der Waals surface area (Å²) < 4.78 is 9.38. The molecule has 1 N–H and O–H groups in total. The molecule has 136 valence electrons. The minimum atomic E-state index is -0.644. The molecule has 9 heteroatoms. The number of methoxy groups -OCH3 is 2. The fraction of sp³-hybridized carbons (Fsp3) is 0.176. The number of anilines is 1. The van der Waals surface area contributed by atoms with Crippen LogP contribution >= 0.6 is 11.3 Å². The maximum atomic E-state index is 12.0. The summed E-state index contributed by atoms with van der Waals surface area (Å²) in [4.78, 5) is 24.3. The lowest BCUT2D eigenvalue weighted by molar-refractivity contribution is -0.133. The smallest absolute Gasteiger partial charge is 0.377 e. The van der Waals surface area contributed by atoms with Crippen LogP contribution in [-0.2, 0) is 14.3 Å². The summed E-state index contributed by atoms with van der Waals surface area (Å²) in [5.41, 5.74) is 3.73. The van der Waals surface area contributed by atoms with Crippen LogP contribution in [-0.4, -0.2) is 50.3 Å². The van der Waals surface area contributed by atoms with Crippen LogP contribution in [0.2, 0.25) is 0 Å². The van der Waals surface area contributed by atoms with Crippen molar-refractivity contribution in [3.05, 3.63) is 52.2 Å². The third kappa shape index (κ3) is 5.15. The van der Waals surface area contributed by atoms with E-state index in [1.54, 1.807) is 37.5 Å². The van der Waals surface area contributed by atoms with E-state index in [1.165, 1.54) is 30.6 Å². The summed E-state index contributed by atoms with van der Waals surface area (Å²) in [6.45, 7) is 0. The summed E-state index contributed by atoms with van der Waals surface area (Å²) in [6.07, 6.45) is 1.62. The topological polar surface area (TPSA) is 92.6 Å². The van der Waals surface area contributed by atoms with Gasteiger partial charge in [0.2, 0.25) is 0 Å². The number of ether oxygens (including phenoxy) is 2. The van der Waals surface area contributed by atoms with Gasteiger partial charge in [0.15, 0.2) is 0 Å². The molecule has 0 fully saturated rings. The molecule has 0 bridgehead atoms. The summed E-state index contributed by atoms with van der Waals surface area (Å²) in [7, 11) is 4.16. The van der Waals surface area contributed by atoms with Crippen molar-refractivity contribution in [2.24, 2.45) is 10.2 Å². The molecular weight excluding hydrogens is 356 g/mol. The van der Waals surface area contributed by atoms with Crippen molar-refractivity contribution in [2.45, 2.75) is 0 Å². The monoisotopic (exact) mass is 374 g/mol. The van der Waals surface area contributed by atoms with Crippen LogP contribution in [0.4, 0.5) is 5.69 Å². The van der Waals surface area contributed by atoms with Gasteiger partial charge in [-0.15, -0.1) is 16.4 Å². The summed E-state index contributed by atoms with van der Waals surface area (Å²) in [6, 6.07) is 10.2. The molecule has 0 radical (unpaired) electrons. The number of carbonyl (C=O) groups is 2. The highest BCUT2D eigenvalue weighted by molar-refractivity contribution is 7.11. The number of nitrogens with zero attached hydrogens (tertiary/aromatic N) is 3. The second-order valence-electron chi connectivity index (χ2n) is 4.89. The molecule has 2 aromatic rings. The molecule has 0 atom stereocenters. The van der Waals surface area contributed by atoms with Gasteiger partial charge in [-0.2, -0.15) is 5.10 Å². The van der Waals surface area contributed by atoms with Gasteiger partial charge in [-0.3, -0.25) is 5.43 Å². The number of esters is 2. The first-order valence-electron chi connectivity index (χ1n) is 7.46. The molecule has 0 amide bonds. The van der Waals surface area contributed by atoms with Gasteiger partial charge in [0.05, 0.1) is 31.7 Å². The quantitative estimate of drug-likeness (QED) is 0.374. The van der Waals surface area contributed by atoms with E-state index in [9.17, 15) is 9.59 Å². The Balaban J connectivity index is 2.13. The molecule has 0 aliphatic rings. The van der Waals surface area contributed by atoms with Crippen LogP contribution < -0.4 is 5.43 Å². The van der Waals surface area contributed by atoms with Gasteiger partial charge in [-0.05, 0) is 35.7 Å². The molecule has 1 aromatic carbocycles. The number of benzene rings is 1. The molecule has 8 nitrogen and oxygen atoms in total. The van der Waals surface area contributed by atoms with E-state index in [2.05, 4.69) is 20.4 Å². The molecule has 0 aliphatic heterocycles. The largest absolute Gasteiger partial charge is 0.465 e. The van der Waals surface area contributed by atoms with E-state index >= 15 is 0 Å². The number of thiophene rings is 1. The van der Waals surface area contributed by atoms with E-state index in [4.69, 9.17) is 4.74 Å². The second kappa shape index (κ2) is 9.33. The number of likely N-dealkylation sites (N-methyl/N-ethyl adjacent to an activating group) is 1. The molecule has 1 heterocycles. The van der Waals surface area contributed by atoms with Crippen molar-refractivity contribution in [1.29, 1.82) is 0 Å². The molecule has 0 spiro atoms. The summed E-state index contributed by atoms with van der Waals surface area (Å²) >= 11 is 1.52. The molecule has 0 saturated carbocycles. The lowest BCUT2D eigenvalue weighted by atomic mass is 10.2. The highest BCUT2D eigenvalue weighted by Gasteiger charge is 2.17. The predicted octanol–water partition coefficient (Wildman–Crippen LogP) is 2.40. The van der Waals surface area contributed by atoms with Crippen molar-refractivity contribution >= 4 is 41.0 Å². The van der Waals surface area contributed by atoms with Crippen LogP contribution in [0.15, 0.2) is 52.0 Å². The number of carbonyl (C=O) groups excluding carboxylic acids is 2. The van der Waals surface area contributed by atoms with E-state index in [-0.39, 0.29) is 5.84 Å². The molecule has 2 rings (SSSR count). The fourth-order valence-corrected chi connectivity index (χ4v) is 2.40. The molecular formula is C17H18N4O4S. The Labute approximate surface area is 154 Å². The number of hydrogen-bond acceptors (Lipinski definition) is 8. The van der Waals surface area contributed by atoms with Gasteiger partial charge < -0.3 is 9.47 Å². The van der Waals surface area contributed by atoms with Crippen molar-refractivity contribution < 1.29 is 19.1 Å². The van der Waals surface area contributed by atoms with Crippen LogP contribution in [0.25, 0.3) is 0 Å². The average Bonchev–Trinajstić information content (AvgIpc) is 3.19. The standard InChI is InChI=1S/C17H18N4O4S/c1-21(18-11-14-5-4-10-26-14)15(17(23)25-3)20-19-13-8-6-12(7-9-13)16(22)24-2/h4-11,19H,1-3H3/b18-11+,20-15-. The lowest BCUT2D eigenvalue weighted by Crippen LogP contribution is -2.31.